The van der Waals surface area contributed by atoms with Crippen LogP contribution in [0.25, 0.3) is 0 Å². The molecular formula is C14H16BrNO2. The molecule has 1 aromatic rings. The van der Waals surface area contributed by atoms with Gasteiger partial charge in [0.25, 0.3) is 0 Å². The van der Waals surface area contributed by atoms with E-state index < -0.39 is 0 Å². The van der Waals surface area contributed by atoms with Gasteiger partial charge in [-0.25, -0.2) is 0 Å². The lowest BCUT2D eigenvalue weighted by molar-refractivity contribution is -0.121. The fourth-order valence-corrected chi connectivity index (χ4v) is 2.51. The molecule has 0 aliphatic carbocycles. The van der Waals surface area contributed by atoms with Gasteiger partial charge in [0.2, 0.25) is 11.8 Å². The van der Waals surface area contributed by atoms with E-state index >= 15 is 0 Å². The third kappa shape index (κ3) is 2.34. The molecule has 1 aliphatic heterocycles. The summed E-state index contributed by atoms with van der Waals surface area (Å²) in [6.45, 7) is 6.22. The third-order valence-corrected chi connectivity index (χ3v) is 3.55. The number of nitrogens with zero attached hydrogens (tertiary/aromatic N) is 1. The second kappa shape index (κ2) is 4.50. The Morgan fingerprint density at radius 2 is 1.67 bits per heavy atom. The molecule has 0 aromatic heterocycles. The lowest BCUT2D eigenvalue weighted by Crippen LogP contribution is -2.31. The van der Waals surface area contributed by atoms with E-state index in [1.54, 1.807) is 0 Å². The van der Waals surface area contributed by atoms with Gasteiger partial charge in [-0.05, 0) is 29.2 Å². The monoisotopic (exact) mass is 309 g/mol. The summed E-state index contributed by atoms with van der Waals surface area (Å²) in [4.78, 5) is 25.0. The van der Waals surface area contributed by atoms with E-state index in [0.717, 1.165) is 15.7 Å². The van der Waals surface area contributed by atoms with Crippen molar-refractivity contribution in [2.45, 2.75) is 39.0 Å². The molecular weight excluding hydrogens is 294 g/mol. The van der Waals surface area contributed by atoms with Crippen molar-refractivity contribution in [1.29, 1.82) is 0 Å². The number of carbonyl (C=O) groups is 2. The highest BCUT2D eigenvalue weighted by Crippen LogP contribution is 2.36. The van der Waals surface area contributed by atoms with E-state index in [-0.39, 0.29) is 17.2 Å². The van der Waals surface area contributed by atoms with E-state index in [1.807, 2.05) is 18.2 Å². The predicted octanol–water partition coefficient (Wildman–Crippen LogP) is 3.40. The molecule has 2 rings (SSSR count). The van der Waals surface area contributed by atoms with E-state index in [0.29, 0.717) is 12.8 Å². The molecule has 0 unspecified atom stereocenters. The van der Waals surface area contributed by atoms with Crippen molar-refractivity contribution >= 4 is 33.4 Å². The number of halogens is 1. The maximum Gasteiger partial charge on any atom is 0.234 e. The van der Waals surface area contributed by atoms with Crippen LogP contribution in [0.3, 0.4) is 0 Å². The number of imide groups is 1. The van der Waals surface area contributed by atoms with Crippen LogP contribution in [0.5, 0.6) is 0 Å². The van der Waals surface area contributed by atoms with Crippen molar-refractivity contribution in [2.75, 3.05) is 4.90 Å². The molecule has 2 amide bonds. The lowest BCUT2D eigenvalue weighted by atomic mass is 9.85. The van der Waals surface area contributed by atoms with Crippen LogP contribution in [0, 0.1) is 0 Å². The van der Waals surface area contributed by atoms with E-state index in [2.05, 4.69) is 36.7 Å². The van der Waals surface area contributed by atoms with Crippen LogP contribution < -0.4 is 4.90 Å². The number of rotatable bonds is 1. The summed E-state index contributed by atoms with van der Waals surface area (Å²) in [5, 5.41) is 0. The molecule has 1 saturated heterocycles. The Bertz CT molecular complexity index is 501. The molecule has 0 bridgehead atoms. The van der Waals surface area contributed by atoms with Crippen molar-refractivity contribution < 1.29 is 9.59 Å². The number of amides is 2. The van der Waals surface area contributed by atoms with Crippen LogP contribution >= 0.6 is 15.9 Å². The Hall–Kier alpha value is -1.16. The zero-order chi connectivity index (χ0) is 13.5. The van der Waals surface area contributed by atoms with E-state index in [1.165, 1.54) is 4.90 Å². The summed E-state index contributed by atoms with van der Waals surface area (Å²) in [7, 11) is 0. The summed E-state index contributed by atoms with van der Waals surface area (Å²) in [5.74, 6) is -0.208. The summed E-state index contributed by atoms with van der Waals surface area (Å²) >= 11 is 3.44. The minimum Gasteiger partial charge on any atom is -0.274 e. The van der Waals surface area contributed by atoms with Crippen molar-refractivity contribution in [2.24, 2.45) is 0 Å². The third-order valence-electron chi connectivity index (χ3n) is 3.06. The molecule has 0 atom stereocenters. The fourth-order valence-electron chi connectivity index (χ4n) is 2.15. The van der Waals surface area contributed by atoms with Gasteiger partial charge in [0, 0.05) is 17.3 Å². The van der Waals surface area contributed by atoms with Crippen molar-refractivity contribution in [3.8, 4) is 0 Å². The quantitative estimate of drug-likeness (QED) is 0.746. The standard InChI is InChI=1S/C14H16BrNO2/c1-14(2,3)10-8-9(15)4-5-11(10)16-12(17)6-7-13(16)18/h4-5,8H,6-7H2,1-3H3. The minimum absolute atomic E-state index is 0.104. The highest BCUT2D eigenvalue weighted by atomic mass is 79.9. The number of hydrogen-bond acceptors (Lipinski definition) is 2. The van der Waals surface area contributed by atoms with Gasteiger partial charge in [0.05, 0.1) is 5.69 Å². The van der Waals surface area contributed by atoms with Gasteiger partial charge < -0.3 is 0 Å². The van der Waals surface area contributed by atoms with Gasteiger partial charge in [-0.1, -0.05) is 36.7 Å². The molecule has 1 aliphatic rings. The molecule has 1 aromatic carbocycles. The molecule has 1 heterocycles. The van der Waals surface area contributed by atoms with Crippen molar-refractivity contribution in [3.63, 3.8) is 0 Å². The molecule has 0 saturated carbocycles. The first-order valence-electron chi connectivity index (χ1n) is 5.96. The maximum absolute atomic E-state index is 11.8. The highest BCUT2D eigenvalue weighted by Gasteiger charge is 2.33. The Kier molecular flexibility index (Phi) is 3.32. The van der Waals surface area contributed by atoms with Crippen molar-refractivity contribution in [1.82, 2.24) is 0 Å². The number of anilines is 1. The Morgan fingerprint density at radius 3 is 2.17 bits per heavy atom. The van der Waals surface area contributed by atoms with Crippen LogP contribution in [0.2, 0.25) is 0 Å². The normalized spacial score (nSPS) is 16.6. The number of carbonyl (C=O) groups excluding carboxylic acids is 2. The van der Waals surface area contributed by atoms with Gasteiger partial charge in [0.15, 0.2) is 0 Å². The summed E-state index contributed by atoms with van der Waals surface area (Å²) < 4.78 is 0.954. The Labute approximate surface area is 115 Å². The van der Waals surface area contributed by atoms with Gasteiger partial charge >= 0.3 is 0 Å². The highest BCUT2D eigenvalue weighted by molar-refractivity contribution is 9.10. The fraction of sp³-hybridized carbons (Fsp3) is 0.429. The maximum atomic E-state index is 11.8. The Morgan fingerprint density at radius 1 is 1.11 bits per heavy atom. The second-order valence-electron chi connectivity index (χ2n) is 5.53. The van der Waals surface area contributed by atoms with Crippen LogP contribution in [0.15, 0.2) is 22.7 Å². The molecule has 96 valence electrons. The minimum atomic E-state index is -0.123. The van der Waals surface area contributed by atoms with Gasteiger partial charge in [-0.3, -0.25) is 14.5 Å². The molecule has 18 heavy (non-hydrogen) atoms. The van der Waals surface area contributed by atoms with Gasteiger partial charge in [-0.2, -0.15) is 0 Å². The molecule has 0 radical (unpaired) electrons. The summed E-state index contributed by atoms with van der Waals surface area (Å²) in [6.07, 6.45) is 0.636. The average Bonchev–Trinajstić information content (AvgIpc) is 2.58. The molecule has 4 heteroatoms. The second-order valence-corrected chi connectivity index (χ2v) is 6.45. The largest absolute Gasteiger partial charge is 0.274 e. The zero-order valence-corrected chi connectivity index (χ0v) is 12.4. The first-order chi connectivity index (χ1) is 8.30. The number of benzene rings is 1. The number of hydrogen-bond donors (Lipinski definition) is 0. The first kappa shape index (κ1) is 13.3. The lowest BCUT2D eigenvalue weighted by Gasteiger charge is -2.26. The zero-order valence-electron chi connectivity index (χ0n) is 10.8. The van der Waals surface area contributed by atoms with E-state index in [9.17, 15) is 9.59 Å². The molecule has 0 spiro atoms. The topological polar surface area (TPSA) is 37.4 Å². The van der Waals surface area contributed by atoms with E-state index in [4.69, 9.17) is 0 Å². The molecule has 3 nitrogen and oxygen atoms in total. The molecule has 0 N–H and O–H groups in total. The SMILES string of the molecule is CC(C)(C)c1cc(Br)ccc1N1C(=O)CCC1=O. The summed E-state index contributed by atoms with van der Waals surface area (Å²) in [5.41, 5.74) is 1.60. The average molecular weight is 310 g/mol. The summed E-state index contributed by atoms with van der Waals surface area (Å²) in [6, 6.07) is 5.68. The molecule has 1 fully saturated rings. The van der Waals surface area contributed by atoms with Crippen molar-refractivity contribution in [3.05, 3.63) is 28.2 Å². The van der Waals surface area contributed by atoms with Crippen LogP contribution in [-0.2, 0) is 15.0 Å². The predicted molar refractivity (Wildman–Crippen MR) is 74.6 cm³/mol. The smallest absolute Gasteiger partial charge is 0.234 e. The van der Waals surface area contributed by atoms with Crippen LogP contribution in [0.4, 0.5) is 5.69 Å². The van der Waals surface area contributed by atoms with Gasteiger partial charge in [0.1, 0.15) is 0 Å². The first-order valence-corrected chi connectivity index (χ1v) is 6.76. The van der Waals surface area contributed by atoms with Crippen LogP contribution in [0.1, 0.15) is 39.2 Å². The van der Waals surface area contributed by atoms with Gasteiger partial charge in [-0.15, -0.1) is 0 Å². The Balaban J connectivity index is 2.57. The van der Waals surface area contributed by atoms with Crippen LogP contribution in [-0.4, -0.2) is 11.8 Å².